The molecule has 0 spiro atoms. The second-order valence-electron chi connectivity index (χ2n) is 9.29. The number of nitrogens with zero attached hydrogens (tertiary/aromatic N) is 4. The zero-order valence-corrected chi connectivity index (χ0v) is 19.2. The minimum absolute atomic E-state index is 0.00171. The van der Waals surface area contributed by atoms with Crippen LogP contribution in [0.5, 0.6) is 0 Å². The highest BCUT2D eigenvalue weighted by molar-refractivity contribution is 5.33. The molecule has 0 radical (unpaired) electrons. The molecule has 8 nitrogen and oxygen atoms in total. The van der Waals surface area contributed by atoms with E-state index in [0.29, 0.717) is 38.0 Å². The van der Waals surface area contributed by atoms with E-state index in [4.69, 9.17) is 0 Å². The van der Waals surface area contributed by atoms with Gasteiger partial charge in [0.25, 0.3) is 0 Å². The molecule has 168 valence electrons. The largest absolute Gasteiger partial charge is 0.234 e. The van der Waals surface area contributed by atoms with Crippen LogP contribution in [0.1, 0.15) is 67.2 Å². The van der Waals surface area contributed by atoms with Gasteiger partial charge < -0.3 is 0 Å². The van der Waals surface area contributed by atoms with Gasteiger partial charge in [0.15, 0.2) is 0 Å². The number of carbonyl (C=O) groups excluding carboxylic acids is 4. The molecule has 30 heavy (non-hydrogen) atoms. The van der Waals surface area contributed by atoms with Crippen molar-refractivity contribution in [2.45, 2.75) is 67.2 Å². The standard InChI is InChI=1S/2C11H18N2O2/c2*1-10(4-5-12-8-14)6-11(2,3)7-13-9-15/h2*10H,4-7H2,1-3H3. The van der Waals surface area contributed by atoms with Crippen molar-refractivity contribution in [1.82, 2.24) is 0 Å². The molecule has 0 aliphatic rings. The van der Waals surface area contributed by atoms with Gasteiger partial charge in [-0.05, 0) is 48.3 Å². The van der Waals surface area contributed by atoms with Crippen LogP contribution in [0.3, 0.4) is 0 Å². The summed E-state index contributed by atoms with van der Waals surface area (Å²) in [6, 6.07) is 0. The molecule has 0 N–H and O–H groups in total. The maximum absolute atomic E-state index is 10.00. The predicted molar refractivity (Wildman–Crippen MR) is 116 cm³/mol. The summed E-state index contributed by atoms with van der Waals surface area (Å²) in [7, 11) is 0. The fourth-order valence-electron chi connectivity index (χ4n) is 3.37. The Labute approximate surface area is 180 Å². The number of hydrogen-bond donors (Lipinski definition) is 0. The molecule has 0 aromatic heterocycles. The van der Waals surface area contributed by atoms with Crippen molar-refractivity contribution >= 4 is 24.3 Å². The van der Waals surface area contributed by atoms with E-state index >= 15 is 0 Å². The molecule has 0 rings (SSSR count). The van der Waals surface area contributed by atoms with Crippen LogP contribution in [0.2, 0.25) is 0 Å². The van der Waals surface area contributed by atoms with E-state index in [9.17, 15) is 19.2 Å². The summed E-state index contributed by atoms with van der Waals surface area (Å²) >= 11 is 0. The quantitative estimate of drug-likeness (QED) is 0.309. The van der Waals surface area contributed by atoms with Crippen LogP contribution in [0.15, 0.2) is 20.0 Å². The third-order valence-corrected chi connectivity index (χ3v) is 4.54. The van der Waals surface area contributed by atoms with Crippen molar-refractivity contribution in [1.29, 1.82) is 0 Å². The first kappa shape index (κ1) is 29.7. The van der Waals surface area contributed by atoms with Crippen LogP contribution >= 0.6 is 0 Å². The van der Waals surface area contributed by atoms with E-state index in [-0.39, 0.29) is 10.8 Å². The lowest BCUT2D eigenvalue weighted by Gasteiger charge is -2.25. The van der Waals surface area contributed by atoms with Crippen molar-refractivity contribution in [3.05, 3.63) is 0 Å². The van der Waals surface area contributed by atoms with E-state index in [1.54, 1.807) is 12.2 Å². The van der Waals surface area contributed by atoms with Crippen LogP contribution in [-0.2, 0) is 19.2 Å². The molecule has 8 heteroatoms. The van der Waals surface area contributed by atoms with Gasteiger partial charge in [-0.3, -0.25) is 0 Å². The maximum atomic E-state index is 10.00. The van der Waals surface area contributed by atoms with E-state index in [2.05, 4.69) is 61.5 Å². The molecular formula is C22H36N4O4. The zero-order valence-electron chi connectivity index (χ0n) is 19.2. The highest BCUT2D eigenvalue weighted by Crippen LogP contribution is 2.28. The van der Waals surface area contributed by atoms with Crippen molar-refractivity contribution in [2.75, 3.05) is 26.2 Å². The molecule has 0 aliphatic carbocycles. The van der Waals surface area contributed by atoms with Gasteiger partial charge in [0, 0.05) is 0 Å². The third-order valence-electron chi connectivity index (χ3n) is 4.54. The first-order chi connectivity index (χ1) is 14.0. The Kier molecular flexibility index (Phi) is 17.2. The number of rotatable bonds is 14. The number of hydrogen-bond acceptors (Lipinski definition) is 8. The second-order valence-corrected chi connectivity index (χ2v) is 9.29. The Bertz CT molecular complexity index is 607. The number of aliphatic imine (C=N–C) groups is 4. The topological polar surface area (TPSA) is 118 Å². The summed E-state index contributed by atoms with van der Waals surface area (Å²) in [5.74, 6) is 0.915. The smallest absolute Gasteiger partial charge is 0.211 e. The molecule has 0 fully saturated rings. The molecule has 0 bridgehead atoms. The average Bonchev–Trinajstić information content (AvgIpc) is 2.65. The Hall–Kier alpha value is -2.48. The lowest BCUT2D eigenvalue weighted by Crippen LogP contribution is -2.19. The van der Waals surface area contributed by atoms with Gasteiger partial charge >= 0.3 is 0 Å². The highest BCUT2D eigenvalue weighted by atomic mass is 16.1. The minimum atomic E-state index is 0.00171. The van der Waals surface area contributed by atoms with Crippen molar-refractivity contribution in [3.8, 4) is 0 Å². The normalized spacial score (nSPS) is 12.5. The summed E-state index contributed by atoms with van der Waals surface area (Å²) in [5, 5.41) is 0. The fourth-order valence-corrected chi connectivity index (χ4v) is 3.37. The first-order valence-corrected chi connectivity index (χ1v) is 10.2. The lowest BCUT2D eigenvalue weighted by atomic mass is 9.82. The lowest BCUT2D eigenvalue weighted by molar-refractivity contribution is 0.280. The highest BCUT2D eigenvalue weighted by Gasteiger charge is 2.21. The number of isocyanates is 4. The van der Waals surface area contributed by atoms with Crippen molar-refractivity contribution in [2.24, 2.45) is 42.6 Å². The van der Waals surface area contributed by atoms with Crippen LogP contribution < -0.4 is 0 Å². The molecule has 0 saturated carbocycles. The van der Waals surface area contributed by atoms with Gasteiger partial charge in [-0.1, -0.05) is 41.5 Å². The molecule has 0 heterocycles. The second kappa shape index (κ2) is 17.4. The van der Waals surface area contributed by atoms with E-state index in [1.165, 1.54) is 12.2 Å². The molecule has 0 amide bonds. The molecular weight excluding hydrogens is 384 g/mol. The summed E-state index contributed by atoms with van der Waals surface area (Å²) in [4.78, 5) is 54.0. The summed E-state index contributed by atoms with van der Waals surface area (Å²) in [6.07, 6.45) is 9.79. The molecule has 0 saturated heterocycles. The fraction of sp³-hybridized carbons (Fsp3) is 0.818. The summed E-state index contributed by atoms with van der Waals surface area (Å²) in [5.41, 5.74) is 0.00341. The van der Waals surface area contributed by atoms with Crippen LogP contribution in [-0.4, -0.2) is 50.5 Å². The SMILES string of the molecule is CC(CCN=C=O)CC(C)(C)CN=C=O.CC(CCN=C=O)CC(C)(C)CN=C=O. The Morgan fingerprint density at radius 3 is 1.17 bits per heavy atom. The van der Waals surface area contributed by atoms with Crippen LogP contribution in [0.4, 0.5) is 0 Å². The van der Waals surface area contributed by atoms with Gasteiger partial charge in [0.1, 0.15) is 0 Å². The summed E-state index contributed by atoms with van der Waals surface area (Å²) in [6.45, 7) is 14.5. The third kappa shape index (κ3) is 20.3. The Morgan fingerprint density at radius 1 is 0.600 bits per heavy atom. The van der Waals surface area contributed by atoms with E-state index < -0.39 is 0 Å². The Morgan fingerprint density at radius 2 is 0.900 bits per heavy atom. The van der Waals surface area contributed by atoms with Gasteiger partial charge in [0.05, 0.1) is 26.2 Å². The van der Waals surface area contributed by atoms with Crippen LogP contribution in [0, 0.1) is 22.7 Å². The van der Waals surface area contributed by atoms with Crippen molar-refractivity contribution < 1.29 is 19.2 Å². The molecule has 0 aliphatic heterocycles. The molecule has 2 atom stereocenters. The van der Waals surface area contributed by atoms with Gasteiger partial charge in [0.2, 0.25) is 24.3 Å². The minimum Gasteiger partial charge on any atom is -0.211 e. The van der Waals surface area contributed by atoms with Crippen molar-refractivity contribution in [3.63, 3.8) is 0 Å². The molecule has 0 aromatic carbocycles. The van der Waals surface area contributed by atoms with E-state index in [1.807, 2.05) is 0 Å². The first-order valence-electron chi connectivity index (χ1n) is 10.2. The van der Waals surface area contributed by atoms with Gasteiger partial charge in [-0.2, -0.15) is 0 Å². The monoisotopic (exact) mass is 420 g/mol. The van der Waals surface area contributed by atoms with Gasteiger partial charge in [-0.25, -0.2) is 39.1 Å². The molecule has 0 aromatic rings. The predicted octanol–water partition coefficient (Wildman–Crippen LogP) is 4.20. The Balaban J connectivity index is 0. The summed E-state index contributed by atoms with van der Waals surface area (Å²) < 4.78 is 0. The molecule has 2 unspecified atom stereocenters. The maximum Gasteiger partial charge on any atom is 0.234 e. The van der Waals surface area contributed by atoms with Gasteiger partial charge in [-0.15, -0.1) is 0 Å². The van der Waals surface area contributed by atoms with Crippen LogP contribution in [0.25, 0.3) is 0 Å². The average molecular weight is 421 g/mol. The zero-order chi connectivity index (χ0) is 23.5. The van der Waals surface area contributed by atoms with E-state index in [0.717, 1.165) is 25.7 Å².